The summed E-state index contributed by atoms with van der Waals surface area (Å²) >= 11 is 5.90. The van der Waals surface area contributed by atoms with Crippen LogP contribution in [0.4, 0.5) is 14.6 Å². The van der Waals surface area contributed by atoms with Gasteiger partial charge in [0.15, 0.2) is 11.0 Å². The molecule has 0 saturated carbocycles. The Labute approximate surface area is 178 Å². The molecule has 3 aliphatic heterocycles. The van der Waals surface area contributed by atoms with E-state index in [1.165, 1.54) is 6.20 Å². The summed E-state index contributed by atoms with van der Waals surface area (Å²) in [5.74, 6) is -0.155. The van der Waals surface area contributed by atoms with Crippen molar-refractivity contribution in [1.82, 2.24) is 19.9 Å². The molecule has 2 aromatic rings. The van der Waals surface area contributed by atoms with Gasteiger partial charge in [-0.05, 0) is 32.2 Å². The molecule has 5 rings (SSSR count). The molecule has 0 spiro atoms. The molecule has 0 aromatic carbocycles. The maximum atomic E-state index is 14.8. The average molecular weight is 439 g/mol. The zero-order valence-electron chi connectivity index (χ0n) is 16.7. The minimum absolute atomic E-state index is 0.0177. The molecular weight excluding hydrogens is 414 g/mol. The first-order valence-electron chi connectivity index (χ1n) is 10.5. The van der Waals surface area contributed by atoms with Crippen LogP contribution in [0, 0.1) is 5.82 Å². The fraction of sp³-hybridized carbons (Fsp3) is 0.650. The Kier molecular flexibility index (Phi) is 5.15. The number of nitrogens with two attached hydrogens (primary N) is 1. The second kappa shape index (κ2) is 7.69. The van der Waals surface area contributed by atoms with Gasteiger partial charge in [0.2, 0.25) is 0 Å². The molecular formula is C20H25ClF2N6O. The summed E-state index contributed by atoms with van der Waals surface area (Å²) in [6.45, 7) is 2.95. The number of anilines is 1. The van der Waals surface area contributed by atoms with Gasteiger partial charge in [-0.15, -0.1) is 0 Å². The monoisotopic (exact) mass is 438 g/mol. The van der Waals surface area contributed by atoms with Gasteiger partial charge in [-0.1, -0.05) is 11.6 Å². The molecule has 7 nitrogen and oxygen atoms in total. The second-order valence-electron chi connectivity index (χ2n) is 8.67. The lowest BCUT2D eigenvalue weighted by Gasteiger charge is -2.33. The largest absolute Gasteiger partial charge is 0.461 e. The van der Waals surface area contributed by atoms with Crippen LogP contribution in [0.2, 0.25) is 5.15 Å². The molecule has 0 bridgehead atoms. The van der Waals surface area contributed by atoms with E-state index in [1.54, 1.807) is 0 Å². The number of aromatic nitrogens is 3. The molecule has 5 heterocycles. The Hall–Kier alpha value is -1.84. The van der Waals surface area contributed by atoms with Gasteiger partial charge in [0, 0.05) is 38.3 Å². The van der Waals surface area contributed by atoms with Crippen molar-refractivity contribution in [3.63, 3.8) is 0 Å². The van der Waals surface area contributed by atoms with Gasteiger partial charge in [0.05, 0.1) is 10.9 Å². The van der Waals surface area contributed by atoms with Gasteiger partial charge < -0.3 is 15.4 Å². The van der Waals surface area contributed by atoms with E-state index < -0.39 is 12.0 Å². The molecule has 10 heteroatoms. The van der Waals surface area contributed by atoms with E-state index in [9.17, 15) is 8.78 Å². The Morgan fingerprint density at radius 2 is 2.13 bits per heavy atom. The third-order valence-corrected chi connectivity index (χ3v) is 6.85. The number of halogens is 3. The number of alkyl halides is 1. The predicted molar refractivity (Wildman–Crippen MR) is 110 cm³/mol. The molecule has 0 amide bonds. The third-order valence-electron chi connectivity index (χ3n) is 6.59. The highest BCUT2D eigenvalue weighted by molar-refractivity contribution is 6.30. The molecule has 30 heavy (non-hydrogen) atoms. The highest BCUT2D eigenvalue weighted by Gasteiger charge is 2.49. The summed E-state index contributed by atoms with van der Waals surface area (Å²) in [5, 5.41) is 0.230. The van der Waals surface area contributed by atoms with Crippen LogP contribution >= 0.6 is 11.6 Å². The van der Waals surface area contributed by atoms with Gasteiger partial charge >= 0.3 is 6.01 Å². The summed E-state index contributed by atoms with van der Waals surface area (Å²) in [6, 6.07) is 0.0884. The van der Waals surface area contributed by atoms with Gasteiger partial charge in [-0.25, -0.2) is 13.8 Å². The fourth-order valence-corrected chi connectivity index (χ4v) is 5.29. The van der Waals surface area contributed by atoms with Crippen LogP contribution in [0.25, 0.3) is 10.9 Å². The number of hydrogen-bond acceptors (Lipinski definition) is 7. The maximum absolute atomic E-state index is 14.8. The normalized spacial score (nSPS) is 29.5. The maximum Gasteiger partial charge on any atom is 0.319 e. The van der Waals surface area contributed by atoms with E-state index in [0.717, 1.165) is 38.8 Å². The Morgan fingerprint density at radius 3 is 2.97 bits per heavy atom. The van der Waals surface area contributed by atoms with E-state index in [1.807, 2.05) is 4.90 Å². The minimum atomic E-state index is -0.848. The first-order valence-corrected chi connectivity index (χ1v) is 10.9. The summed E-state index contributed by atoms with van der Waals surface area (Å²) in [4.78, 5) is 17.0. The topological polar surface area (TPSA) is 80.4 Å². The summed E-state index contributed by atoms with van der Waals surface area (Å²) in [6.07, 6.45) is 4.83. The number of hydrogen-bond donors (Lipinski definition) is 1. The smallest absolute Gasteiger partial charge is 0.319 e. The van der Waals surface area contributed by atoms with Crippen LogP contribution < -0.4 is 15.4 Å². The lowest BCUT2D eigenvalue weighted by Crippen LogP contribution is -2.44. The Morgan fingerprint density at radius 1 is 1.27 bits per heavy atom. The summed E-state index contributed by atoms with van der Waals surface area (Å²) in [5.41, 5.74) is 5.88. The SMILES string of the molecule is NC1CCCN(c2nc(OC[C@@]34CCCN3C[C@H](F)C4)nc3c(F)c(Cl)ncc23)C1. The van der Waals surface area contributed by atoms with Gasteiger partial charge in [-0.3, -0.25) is 4.90 Å². The molecule has 0 aliphatic carbocycles. The predicted octanol–water partition coefficient (Wildman–Crippen LogP) is 2.70. The molecule has 3 aliphatic rings. The lowest BCUT2D eigenvalue weighted by atomic mass is 9.95. The molecule has 1 unspecified atom stereocenters. The number of nitrogens with zero attached hydrogens (tertiary/aromatic N) is 5. The van der Waals surface area contributed by atoms with Crippen LogP contribution in [0.15, 0.2) is 6.20 Å². The van der Waals surface area contributed by atoms with E-state index in [4.69, 9.17) is 22.1 Å². The van der Waals surface area contributed by atoms with Crippen LogP contribution in [0.3, 0.4) is 0 Å². The highest BCUT2D eigenvalue weighted by Crippen LogP contribution is 2.40. The van der Waals surface area contributed by atoms with E-state index in [0.29, 0.717) is 30.7 Å². The number of pyridine rings is 1. The van der Waals surface area contributed by atoms with Crippen molar-refractivity contribution in [3.05, 3.63) is 17.2 Å². The standard InChI is InChI=1S/C20H25ClF2N6O/c21-17-15(23)16-14(8-25-17)18(28-5-1-3-13(24)10-28)27-19(26-16)30-11-20-4-2-6-29(20)9-12(22)7-20/h8,12-13H,1-7,9-11,24H2/t12-,13?,20+/m1/s1. The van der Waals surface area contributed by atoms with Crippen molar-refractivity contribution in [1.29, 1.82) is 0 Å². The lowest BCUT2D eigenvalue weighted by molar-refractivity contribution is 0.107. The van der Waals surface area contributed by atoms with Gasteiger partial charge in [-0.2, -0.15) is 9.97 Å². The van der Waals surface area contributed by atoms with Crippen LogP contribution in [0.1, 0.15) is 32.1 Å². The average Bonchev–Trinajstić information content (AvgIpc) is 3.24. The van der Waals surface area contributed by atoms with Gasteiger partial charge in [0.1, 0.15) is 24.1 Å². The van der Waals surface area contributed by atoms with Crippen molar-refractivity contribution >= 4 is 28.3 Å². The minimum Gasteiger partial charge on any atom is -0.461 e. The second-order valence-corrected chi connectivity index (χ2v) is 9.03. The Balaban J connectivity index is 1.50. The van der Waals surface area contributed by atoms with Crippen molar-refractivity contribution in [2.24, 2.45) is 5.73 Å². The molecule has 2 N–H and O–H groups in total. The molecule has 3 atom stereocenters. The first kappa shape index (κ1) is 20.1. The third kappa shape index (κ3) is 3.46. The van der Waals surface area contributed by atoms with Crippen molar-refractivity contribution < 1.29 is 13.5 Å². The van der Waals surface area contributed by atoms with Gasteiger partial charge in [0.25, 0.3) is 0 Å². The van der Waals surface area contributed by atoms with E-state index in [2.05, 4.69) is 19.9 Å². The van der Waals surface area contributed by atoms with Crippen LogP contribution in [0.5, 0.6) is 6.01 Å². The van der Waals surface area contributed by atoms with E-state index >= 15 is 0 Å². The van der Waals surface area contributed by atoms with Crippen molar-refractivity contribution in [3.8, 4) is 6.01 Å². The number of piperidine rings is 1. The van der Waals surface area contributed by atoms with Crippen LogP contribution in [-0.4, -0.2) is 70.4 Å². The molecule has 0 radical (unpaired) electrons. The summed E-state index contributed by atoms with van der Waals surface area (Å²) in [7, 11) is 0. The summed E-state index contributed by atoms with van der Waals surface area (Å²) < 4.78 is 34.8. The van der Waals surface area contributed by atoms with E-state index in [-0.39, 0.29) is 34.9 Å². The quantitative estimate of drug-likeness (QED) is 0.735. The number of rotatable bonds is 4. The Bertz CT molecular complexity index is 965. The first-order chi connectivity index (χ1) is 14.4. The van der Waals surface area contributed by atoms with Crippen molar-refractivity contribution in [2.75, 3.05) is 37.7 Å². The number of fused-ring (bicyclic) bond motifs is 2. The zero-order chi connectivity index (χ0) is 20.9. The zero-order valence-corrected chi connectivity index (χ0v) is 17.4. The molecule has 3 saturated heterocycles. The molecule has 162 valence electrons. The number of ether oxygens (including phenoxy) is 1. The fourth-order valence-electron chi connectivity index (χ4n) is 5.15. The van der Waals surface area contributed by atoms with Crippen molar-refractivity contribution in [2.45, 2.75) is 49.9 Å². The molecule has 2 aromatic heterocycles. The molecule has 3 fully saturated rings. The van der Waals surface area contributed by atoms with Crippen LogP contribution in [-0.2, 0) is 0 Å². The highest BCUT2D eigenvalue weighted by atomic mass is 35.5.